The minimum Gasteiger partial charge on any atom is -0.388 e. The average Bonchev–Trinajstić information content (AvgIpc) is 2.54. The summed E-state index contributed by atoms with van der Waals surface area (Å²) in [4.78, 5) is 12.5. The number of hydrogen-bond acceptors (Lipinski definition) is 5. The van der Waals surface area contributed by atoms with Gasteiger partial charge < -0.3 is 10.4 Å². The van der Waals surface area contributed by atoms with Gasteiger partial charge in [0.15, 0.2) is 5.82 Å². The largest absolute Gasteiger partial charge is 0.391 e. The summed E-state index contributed by atoms with van der Waals surface area (Å²) in [6, 6.07) is 7.83. The number of pyridine rings is 1. The number of benzene rings is 1. The van der Waals surface area contributed by atoms with E-state index in [1.165, 1.54) is 18.3 Å². The van der Waals surface area contributed by atoms with Crippen molar-refractivity contribution >= 4 is 22.5 Å². The van der Waals surface area contributed by atoms with Gasteiger partial charge in [0.25, 0.3) is 0 Å². The molecule has 24 heavy (non-hydrogen) atoms. The van der Waals surface area contributed by atoms with Gasteiger partial charge in [0, 0.05) is 24.3 Å². The maximum Gasteiger partial charge on any atom is 0.391 e. The van der Waals surface area contributed by atoms with Crippen LogP contribution in [0.3, 0.4) is 0 Å². The second-order valence-corrected chi connectivity index (χ2v) is 5.17. The maximum absolute atomic E-state index is 12.4. The molecule has 0 bridgehead atoms. The summed E-state index contributed by atoms with van der Waals surface area (Å²) < 4.78 is 37.2. The standard InChI is InChI=1S/C16H13F3N4O/c17-16(18,19)9-13(24)10-2-1-3-11(8-10)23-15-14-12(4-5-22-15)20-6-7-21-14/h1-8,13,24H,9H2,(H,22,23). The van der Waals surface area contributed by atoms with Gasteiger partial charge in [0.1, 0.15) is 5.52 Å². The van der Waals surface area contributed by atoms with Gasteiger partial charge in [0.2, 0.25) is 0 Å². The van der Waals surface area contributed by atoms with Crippen LogP contribution >= 0.6 is 0 Å². The molecular formula is C16H13F3N4O. The molecule has 0 saturated heterocycles. The fourth-order valence-corrected chi connectivity index (χ4v) is 2.29. The van der Waals surface area contributed by atoms with Gasteiger partial charge in [-0.2, -0.15) is 13.2 Å². The zero-order valence-electron chi connectivity index (χ0n) is 12.3. The van der Waals surface area contributed by atoms with Crippen LogP contribution in [0.2, 0.25) is 0 Å². The molecule has 2 N–H and O–H groups in total. The molecular weight excluding hydrogens is 321 g/mol. The van der Waals surface area contributed by atoms with Crippen molar-refractivity contribution < 1.29 is 18.3 Å². The summed E-state index contributed by atoms with van der Waals surface area (Å²) in [6.45, 7) is 0. The van der Waals surface area contributed by atoms with E-state index >= 15 is 0 Å². The molecule has 5 nitrogen and oxygen atoms in total. The molecule has 3 rings (SSSR count). The molecule has 0 aliphatic heterocycles. The van der Waals surface area contributed by atoms with Crippen LogP contribution in [0.25, 0.3) is 11.0 Å². The third-order valence-corrected chi connectivity index (χ3v) is 3.35. The Morgan fingerprint density at radius 3 is 2.62 bits per heavy atom. The van der Waals surface area contributed by atoms with E-state index in [9.17, 15) is 18.3 Å². The van der Waals surface area contributed by atoms with E-state index in [1.54, 1.807) is 30.6 Å². The highest BCUT2D eigenvalue weighted by molar-refractivity contribution is 5.86. The monoisotopic (exact) mass is 334 g/mol. The molecule has 2 aromatic heterocycles. The molecule has 0 fully saturated rings. The molecule has 1 aromatic carbocycles. The van der Waals surface area contributed by atoms with Crippen LogP contribution < -0.4 is 5.32 Å². The number of alkyl halides is 3. The van der Waals surface area contributed by atoms with Crippen molar-refractivity contribution in [2.45, 2.75) is 18.7 Å². The Morgan fingerprint density at radius 1 is 1.04 bits per heavy atom. The summed E-state index contributed by atoms with van der Waals surface area (Å²) in [7, 11) is 0. The van der Waals surface area contributed by atoms with Gasteiger partial charge in [-0.1, -0.05) is 12.1 Å². The minimum atomic E-state index is -4.43. The first-order valence-electron chi connectivity index (χ1n) is 7.10. The van der Waals surface area contributed by atoms with Crippen LogP contribution in [0.4, 0.5) is 24.7 Å². The second kappa shape index (κ2) is 6.40. The van der Waals surface area contributed by atoms with Gasteiger partial charge >= 0.3 is 6.18 Å². The molecule has 124 valence electrons. The molecule has 0 amide bonds. The van der Waals surface area contributed by atoms with Crippen molar-refractivity contribution in [2.24, 2.45) is 0 Å². The second-order valence-electron chi connectivity index (χ2n) is 5.17. The fourth-order valence-electron chi connectivity index (χ4n) is 2.29. The van der Waals surface area contributed by atoms with Crippen LogP contribution in [0, 0.1) is 0 Å². The Morgan fingerprint density at radius 2 is 1.83 bits per heavy atom. The van der Waals surface area contributed by atoms with E-state index in [0.717, 1.165) is 0 Å². The minimum absolute atomic E-state index is 0.170. The van der Waals surface area contributed by atoms with Gasteiger partial charge in [-0.25, -0.2) is 9.97 Å². The van der Waals surface area contributed by atoms with Crippen molar-refractivity contribution in [2.75, 3.05) is 5.32 Å². The van der Waals surface area contributed by atoms with Crippen LogP contribution in [0.15, 0.2) is 48.9 Å². The number of aromatic nitrogens is 3. The smallest absolute Gasteiger partial charge is 0.388 e. The number of fused-ring (bicyclic) bond motifs is 1. The Bertz CT molecular complexity index is 849. The summed E-state index contributed by atoms with van der Waals surface area (Å²) >= 11 is 0. The number of nitrogens with zero attached hydrogens (tertiary/aromatic N) is 3. The van der Waals surface area contributed by atoms with E-state index in [0.29, 0.717) is 22.5 Å². The molecule has 0 radical (unpaired) electrons. The van der Waals surface area contributed by atoms with Crippen LogP contribution in [-0.2, 0) is 0 Å². The van der Waals surface area contributed by atoms with Crippen molar-refractivity contribution in [3.63, 3.8) is 0 Å². The van der Waals surface area contributed by atoms with Crippen molar-refractivity contribution in [3.05, 3.63) is 54.5 Å². The van der Waals surface area contributed by atoms with Gasteiger partial charge in [-0.3, -0.25) is 4.98 Å². The number of nitrogens with one attached hydrogen (secondary N) is 1. The van der Waals surface area contributed by atoms with Crippen LogP contribution in [-0.4, -0.2) is 26.2 Å². The van der Waals surface area contributed by atoms with Crippen LogP contribution in [0.5, 0.6) is 0 Å². The molecule has 0 aliphatic carbocycles. The first kappa shape index (κ1) is 16.1. The van der Waals surface area contributed by atoms with Gasteiger partial charge in [-0.05, 0) is 23.8 Å². The van der Waals surface area contributed by atoms with Crippen molar-refractivity contribution in [1.82, 2.24) is 15.0 Å². The number of anilines is 2. The highest BCUT2D eigenvalue weighted by Gasteiger charge is 2.31. The third kappa shape index (κ3) is 3.77. The zero-order valence-corrected chi connectivity index (χ0v) is 12.3. The Hall–Kier alpha value is -2.74. The van der Waals surface area contributed by atoms with Gasteiger partial charge in [0.05, 0.1) is 18.0 Å². The SMILES string of the molecule is OC(CC(F)(F)F)c1cccc(Nc2nccc3nccnc23)c1. The first-order chi connectivity index (χ1) is 11.4. The summed E-state index contributed by atoms with van der Waals surface area (Å²) in [6.07, 6.45) is -2.71. The Balaban J connectivity index is 1.87. The molecule has 1 unspecified atom stereocenters. The number of rotatable bonds is 4. The highest BCUT2D eigenvalue weighted by Crippen LogP contribution is 2.31. The molecule has 0 spiro atoms. The highest BCUT2D eigenvalue weighted by atomic mass is 19.4. The third-order valence-electron chi connectivity index (χ3n) is 3.35. The van der Waals surface area contributed by atoms with Crippen molar-refractivity contribution in [1.29, 1.82) is 0 Å². The number of halogens is 3. The molecule has 8 heteroatoms. The van der Waals surface area contributed by atoms with E-state index in [4.69, 9.17) is 0 Å². The fraction of sp³-hybridized carbons (Fsp3) is 0.188. The van der Waals surface area contributed by atoms with E-state index in [-0.39, 0.29) is 5.56 Å². The lowest BCUT2D eigenvalue weighted by Gasteiger charge is -2.15. The Kier molecular flexibility index (Phi) is 4.30. The zero-order chi connectivity index (χ0) is 17.2. The van der Waals surface area contributed by atoms with E-state index in [1.807, 2.05) is 0 Å². The lowest BCUT2D eigenvalue weighted by atomic mass is 10.1. The maximum atomic E-state index is 12.4. The van der Waals surface area contributed by atoms with Crippen LogP contribution in [0.1, 0.15) is 18.1 Å². The number of hydrogen-bond donors (Lipinski definition) is 2. The van der Waals surface area contributed by atoms with Crippen molar-refractivity contribution in [3.8, 4) is 0 Å². The average molecular weight is 334 g/mol. The Labute approximate surface area is 135 Å². The molecule has 0 aliphatic rings. The van der Waals surface area contributed by atoms with E-state index < -0.39 is 18.7 Å². The number of aliphatic hydroxyl groups excluding tert-OH is 1. The summed E-state index contributed by atoms with van der Waals surface area (Å²) in [5.74, 6) is 0.433. The van der Waals surface area contributed by atoms with E-state index in [2.05, 4.69) is 20.3 Å². The predicted octanol–water partition coefficient (Wildman–Crippen LogP) is 3.75. The lowest BCUT2D eigenvalue weighted by molar-refractivity contribution is -0.154. The first-order valence-corrected chi connectivity index (χ1v) is 7.10. The normalized spacial score (nSPS) is 13.0. The van der Waals surface area contributed by atoms with Gasteiger partial charge in [-0.15, -0.1) is 0 Å². The molecule has 1 atom stereocenters. The lowest BCUT2D eigenvalue weighted by Crippen LogP contribution is -2.13. The summed E-state index contributed by atoms with van der Waals surface area (Å²) in [5.41, 5.74) is 1.85. The molecule has 0 saturated carbocycles. The topological polar surface area (TPSA) is 70.9 Å². The molecule has 3 aromatic rings. The predicted molar refractivity (Wildman–Crippen MR) is 82.7 cm³/mol. The number of aliphatic hydroxyl groups is 1. The summed E-state index contributed by atoms with van der Waals surface area (Å²) in [5, 5.41) is 12.7. The quantitative estimate of drug-likeness (QED) is 0.760. The molecule has 2 heterocycles.